The first-order valence-electron chi connectivity index (χ1n) is 9.33. The van der Waals surface area contributed by atoms with Crippen molar-refractivity contribution in [3.63, 3.8) is 0 Å². The van der Waals surface area contributed by atoms with Crippen molar-refractivity contribution in [1.82, 2.24) is 4.90 Å². The van der Waals surface area contributed by atoms with Gasteiger partial charge in [0.05, 0.1) is 11.6 Å². The fraction of sp³-hybridized carbons (Fsp3) is 0.381. The summed E-state index contributed by atoms with van der Waals surface area (Å²) in [5, 5.41) is 12.4. The van der Waals surface area contributed by atoms with Crippen LogP contribution in [0, 0.1) is 0 Å². The summed E-state index contributed by atoms with van der Waals surface area (Å²) in [5.74, 6) is 1.23. The zero-order valence-electron chi connectivity index (χ0n) is 15.2. The van der Waals surface area contributed by atoms with Gasteiger partial charge in [0.2, 0.25) is 5.91 Å². The van der Waals surface area contributed by atoms with E-state index in [1.54, 1.807) is 24.3 Å². The molecule has 5 nitrogen and oxygen atoms in total. The predicted octanol–water partition coefficient (Wildman–Crippen LogP) is 4.31. The Morgan fingerprint density at radius 2 is 1.89 bits per heavy atom. The van der Waals surface area contributed by atoms with Gasteiger partial charge in [0.15, 0.2) is 0 Å². The summed E-state index contributed by atoms with van der Waals surface area (Å²) < 4.78 is 5.76. The van der Waals surface area contributed by atoms with Gasteiger partial charge in [-0.05, 0) is 68.6 Å². The van der Waals surface area contributed by atoms with Gasteiger partial charge in [-0.2, -0.15) is 0 Å². The molecule has 0 bridgehead atoms. The average molecular weight is 389 g/mol. The van der Waals surface area contributed by atoms with Crippen LogP contribution in [0.4, 0.5) is 5.69 Å². The van der Waals surface area contributed by atoms with Crippen LogP contribution in [0.2, 0.25) is 5.02 Å². The van der Waals surface area contributed by atoms with Crippen molar-refractivity contribution in [3.05, 3.63) is 53.6 Å². The van der Waals surface area contributed by atoms with Crippen molar-refractivity contribution in [2.75, 3.05) is 25.0 Å². The summed E-state index contributed by atoms with van der Waals surface area (Å²) in [7, 11) is 0. The molecule has 3 rings (SSSR count). The van der Waals surface area contributed by atoms with Gasteiger partial charge < -0.3 is 15.2 Å². The predicted molar refractivity (Wildman–Crippen MR) is 108 cm³/mol. The Balaban J connectivity index is 1.51. The Hall–Kier alpha value is -2.08. The molecule has 0 radical (unpaired) electrons. The van der Waals surface area contributed by atoms with Crippen molar-refractivity contribution in [1.29, 1.82) is 0 Å². The lowest BCUT2D eigenvalue weighted by atomic mass is 10.2. The van der Waals surface area contributed by atoms with Crippen LogP contribution in [-0.4, -0.2) is 41.7 Å². The van der Waals surface area contributed by atoms with Gasteiger partial charge in [-0.25, -0.2) is 0 Å². The molecular weight excluding hydrogens is 364 g/mol. The highest BCUT2D eigenvalue weighted by Crippen LogP contribution is 2.29. The maximum atomic E-state index is 12.4. The molecule has 1 saturated carbocycles. The second-order valence-electron chi connectivity index (χ2n) is 6.74. The number of amides is 1. The molecule has 0 aromatic heterocycles. The fourth-order valence-corrected chi connectivity index (χ4v) is 3.08. The third-order valence-electron chi connectivity index (χ3n) is 4.47. The van der Waals surface area contributed by atoms with Gasteiger partial charge in [0, 0.05) is 18.3 Å². The number of benzene rings is 2. The minimum absolute atomic E-state index is 0.0225. The Kier molecular flexibility index (Phi) is 7.10. The summed E-state index contributed by atoms with van der Waals surface area (Å²) in [6.45, 7) is 1.44. The van der Waals surface area contributed by atoms with Gasteiger partial charge in [0.25, 0.3) is 0 Å². The SMILES string of the molecule is O=C(CN(CCCCO)C1CC1)Nc1ccc(Oc2ccccc2Cl)cc1. The molecule has 1 amide bonds. The minimum Gasteiger partial charge on any atom is -0.456 e. The molecule has 2 N–H and O–H groups in total. The second kappa shape index (κ2) is 9.74. The maximum Gasteiger partial charge on any atom is 0.238 e. The molecule has 1 aliphatic rings. The van der Waals surface area contributed by atoms with Gasteiger partial charge in [-0.1, -0.05) is 23.7 Å². The third kappa shape index (κ3) is 6.24. The number of hydrogen-bond donors (Lipinski definition) is 2. The normalized spacial score (nSPS) is 13.6. The van der Waals surface area contributed by atoms with Crippen LogP contribution in [-0.2, 0) is 4.79 Å². The van der Waals surface area contributed by atoms with Crippen LogP contribution in [0.5, 0.6) is 11.5 Å². The topological polar surface area (TPSA) is 61.8 Å². The van der Waals surface area contributed by atoms with Gasteiger partial charge in [0.1, 0.15) is 11.5 Å². The van der Waals surface area contributed by atoms with Crippen molar-refractivity contribution < 1.29 is 14.6 Å². The van der Waals surface area contributed by atoms with Crippen LogP contribution in [0.3, 0.4) is 0 Å². The van der Waals surface area contributed by atoms with E-state index < -0.39 is 0 Å². The summed E-state index contributed by atoms with van der Waals surface area (Å²) in [6.07, 6.45) is 3.99. The molecule has 0 aliphatic heterocycles. The highest BCUT2D eigenvalue weighted by Gasteiger charge is 2.29. The molecule has 1 aliphatic carbocycles. The van der Waals surface area contributed by atoms with Crippen molar-refractivity contribution in [2.24, 2.45) is 0 Å². The maximum absolute atomic E-state index is 12.4. The number of para-hydroxylation sites is 1. The summed E-state index contributed by atoms with van der Waals surface area (Å²) in [6, 6.07) is 15.1. The Bertz CT molecular complexity index is 747. The van der Waals surface area contributed by atoms with Crippen LogP contribution in [0.15, 0.2) is 48.5 Å². The molecular formula is C21H25ClN2O3. The van der Waals surface area contributed by atoms with Crippen molar-refractivity contribution in [3.8, 4) is 11.5 Å². The number of halogens is 1. The Morgan fingerprint density at radius 3 is 2.56 bits per heavy atom. The lowest BCUT2D eigenvalue weighted by Gasteiger charge is -2.21. The largest absolute Gasteiger partial charge is 0.456 e. The first kappa shape index (κ1) is 19.7. The lowest BCUT2D eigenvalue weighted by molar-refractivity contribution is -0.117. The summed E-state index contributed by atoms with van der Waals surface area (Å²) in [5.41, 5.74) is 0.734. The second-order valence-corrected chi connectivity index (χ2v) is 7.14. The van der Waals surface area contributed by atoms with Gasteiger partial charge in [-0.3, -0.25) is 9.69 Å². The molecule has 2 aromatic carbocycles. The van der Waals surface area contributed by atoms with Crippen molar-refractivity contribution in [2.45, 2.75) is 31.7 Å². The fourth-order valence-electron chi connectivity index (χ4n) is 2.90. The first-order chi connectivity index (χ1) is 13.2. The molecule has 0 atom stereocenters. The Labute approximate surface area is 164 Å². The summed E-state index contributed by atoms with van der Waals surface area (Å²) >= 11 is 6.10. The molecule has 2 aromatic rings. The number of aliphatic hydroxyl groups excluding tert-OH is 1. The van der Waals surface area contributed by atoms with Gasteiger partial charge in [-0.15, -0.1) is 0 Å². The lowest BCUT2D eigenvalue weighted by Crippen LogP contribution is -2.35. The molecule has 0 heterocycles. The standard InChI is InChI=1S/C21H25ClN2O3/c22-19-5-1-2-6-20(19)27-18-11-7-16(8-12-18)23-21(26)15-24(17-9-10-17)13-3-4-14-25/h1-2,5-8,11-12,17,25H,3-4,9-10,13-15H2,(H,23,26). The van der Waals surface area contributed by atoms with Gasteiger partial charge >= 0.3 is 0 Å². The zero-order chi connectivity index (χ0) is 19.1. The molecule has 0 saturated heterocycles. The number of carbonyl (C=O) groups excluding carboxylic acids is 1. The number of anilines is 1. The molecule has 144 valence electrons. The van der Waals surface area contributed by atoms with E-state index in [4.69, 9.17) is 21.4 Å². The third-order valence-corrected chi connectivity index (χ3v) is 4.78. The number of ether oxygens (including phenoxy) is 1. The molecule has 0 spiro atoms. The first-order valence-corrected chi connectivity index (χ1v) is 9.70. The van der Waals surface area contributed by atoms with Crippen LogP contribution in [0.25, 0.3) is 0 Å². The van der Waals surface area contributed by atoms with Crippen LogP contribution >= 0.6 is 11.6 Å². The number of nitrogens with zero attached hydrogens (tertiary/aromatic N) is 1. The monoisotopic (exact) mass is 388 g/mol. The number of hydrogen-bond acceptors (Lipinski definition) is 4. The van der Waals surface area contributed by atoms with E-state index in [1.807, 2.05) is 24.3 Å². The van der Waals surface area contributed by atoms with E-state index in [0.29, 0.717) is 29.1 Å². The van der Waals surface area contributed by atoms with Crippen molar-refractivity contribution >= 4 is 23.2 Å². The van der Waals surface area contributed by atoms with E-state index in [9.17, 15) is 4.79 Å². The number of nitrogens with one attached hydrogen (secondary N) is 1. The zero-order valence-corrected chi connectivity index (χ0v) is 16.0. The summed E-state index contributed by atoms with van der Waals surface area (Å²) in [4.78, 5) is 14.6. The number of rotatable bonds is 10. The average Bonchev–Trinajstić information content (AvgIpc) is 3.50. The van der Waals surface area contributed by atoms with Crippen LogP contribution in [0.1, 0.15) is 25.7 Å². The van der Waals surface area contributed by atoms with E-state index in [2.05, 4.69) is 10.2 Å². The smallest absolute Gasteiger partial charge is 0.238 e. The highest BCUT2D eigenvalue weighted by atomic mass is 35.5. The minimum atomic E-state index is -0.0225. The molecule has 6 heteroatoms. The van der Waals surface area contributed by atoms with Crippen LogP contribution < -0.4 is 10.1 Å². The Morgan fingerprint density at radius 1 is 1.15 bits per heavy atom. The number of aliphatic hydroxyl groups is 1. The van der Waals surface area contributed by atoms with E-state index in [1.165, 1.54) is 0 Å². The number of unbranched alkanes of at least 4 members (excludes halogenated alkanes) is 1. The van der Waals surface area contributed by atoms with E-state index >= 15 is 0 Å². The highest BCUT2D eigenvalue weighted by molar-refractivity contribution is 6.32. The molecule has 27 heavy (non-hydrogen) atoms. The quantitative estimate of drug-likeness (QED) is 0.595. The van der Waals surface area contributed by atoms with E-state index in [0.717, 1.165) is 37.9 Å². The number of carbonyl (C=O) groups is 1. The molecule has 1 fully saturated rings. The molecule has 0 unspecified atom stereocenters. The van der Waals surface area contributed by atoms with E-state index in [-0.39, 0.29) is 12.5 Å².